The monoisotopic (exact) mass is 479 g/mol. The van der Waals surface area contributed by atoms with Crippen molar-refractivity contribution in [3.63, 3.8) is 0 Å². The molecule has 3 N–H and O–H groups in total. The van der Waals surface area contributed by atoms with E-state index in [1.165, 1.54) is 18.2 Å². The molecule has 1 aromatic heterocycles. The fraction of sp³-hybridized carbons (Fsp3) is 0.360. The van der Waals surface area contributed by atoms with Gasteiger partial charge in [-0.15, -0.1) is 0 Å². The second-order valence-corrected chi connectivity index (χ2v) is 9.52. The molecule has 2 aliphatic heterocycles. The van der Waals surface area contributed by atoms with Crippen LogP contribution in [0.25, 0.3) is 11.6 Å². The molecule has 10 heteroatoms. The number of H-pyrrole nitrogens is 1. The molecule has 1 saturated carbocycles. The van der Waals surface area contributed by atoms with E-state index in [9.17, 15) is 23.6 Å². The van der Waals surface area contributed by atoms with Gasteiger partial charge >= 0.3 is 0 Å². The van der Waals surface area contributed by atoms with E-state index < -0.39 is 22.9 Å². The predicted molar refractivity (Wildman–Crippen MR) is 127 cm³/mol. The molecule has 0 radical (unpaired) electrons. The number of aromatic amines is 1. The number of hydrazine groups is 1. The molecule has 9 nitrogen and oxygen atoms in total. The maximum Gasteiger partial charge on any atom is 0.256 e. The zero-order valence-electron chi connectivity index (χ0n) is 19.9. The number of hydrogen-bond acceptors (Lipinski definition) is 6. The van der Waals surface area contributed by atoms with Crippen molar-refractivity contribution < 1.29 is 23.6 Å². The van der Waals surface area contributed by atoms with Gasteiger partial charge in [0.05, 0.1) is 11.1 Å². The average molecular weight is 480 g/mol. The van der Waals surface area contributed by atoms with Gasteiger partial charge in [-0.2, -0.15) is 0 Å². The molecular weight excluding hydrogens is 453 g/mol. The van der Waals surface area contributed by atoms with Gasteiger partial charge in [0, 0.05) is 55.7 Å². The predicted octanol–water partition coefficient (Wildman–Crippen LogP) is 1.82. The first kappa shape index (κ1) is 23.1. The normalized spacial score (nSPS) is 22.2. The zero-order valence-corrected chi connectivity index (χ0v) is 19.9. The van der Waals surface area contributed by atoms with Crippen molar-refractivity contribution in [2.75, 3.05) is 26.0 Å². The van der Waals surface area contributed by atoms with E-state index in [2.05, 4.69) is 15.6 Å². The van der Waals surface area contributed by atoms with Gasteiger partial charge in [0.25, 0.3) is 11.8 Å². The van der Waals surface area contributed by atoms with Gasteiger partial charge in [0.1, 0.15) is 5.82 Å². The number of amides is 2. The minimum Gasteiger partial charge on any atom is -0.358 e. The maximum absolute atomic E-state index is 13.8. The Hall–Kier alpha value is -3.63. The second-order valence-electron chi connectivity index (χ2n) is 9.52. The molecule has 2 aromatic rings. The Kier molecular flexibility index (Phi) is 5.26. The van der Waals surface area contributed by atoms with Gasteiger partial charge in [-0.25, -0.2) is 14.4 Å². The number of nitrogens with zero attached hydrogens (tertiary/aromatic N) is 2. The highest BCUT2D eigenvalue weighted by Gasteiger charge is 2.71. The number of fused-ring (bicyclic) bond motifs is 1. The molecule has 3 heterocycles. The summed E-state index contributed by atoms with van der Waals surface area (Å²) >= 11 is 0. The molecule has 3 aliphatic rings. The van der Waals surface area contributed by atoms with Crippen LogP contribution in [0.1, 0.15) is 45.7 Å². The highest BCUT2D eigenvalue weighted by Crippen LogP contribution is 2.42. The van der Waals surface area contributed by atoms with E-state index in [1.54, 1.807) is 44.0 Å². The van der Waals surface area contributed by atoms with Crippen molar-refractivity contribution in [2.45, 2.75) is 38.3 Å². The number of Topliss-reactive ketones (excluding diaryl/α,β-unsaturated/α-hetero) is 2. The fourth-order valence-electron chi connectivity index (χ4n) is 5.34. The summed E-state index contributed by atoms with van der Waals surface area (Å²) in [5.74, 6) is -1.95. The highest BCUT2D eigenvalue weighted by molar-refractivity contribution is 6.66. The number of carbonyl (C=O) groups excluding carboxylic acids is 4. The van der Waals surface area contributed by atoms with Gasteiger partial charge in [-0.3, -0.25) is 19.2 Å². The lowest BCUT2D eigenvalue weighted by atomic mass is 9.95. The van der Waals surface area contributed by atoms with Gasteiger partial charge < -0.3 is 15.6 Å². The third kappa shape index (κ3) is 3.52. The number of aromatic nitrogens is 1. The molecule has 0 bridgehead atoms. The van der Waals surface area contributed by atoms with Crippen molar-refractivity contribution in [3.8, 4) is 0 Å². The lowest BCUT2D eigenvalue weighted by Crippen LogP contribution is -2.57. The number of nitrogens with one attached hydrogen (secondary N) is 3. The summed E-state index contributed by atoms with van der Waals surface area (Å²) < 4.78 is 13.8. The average Bonchev–Trinajstić information content (AvgIpc) is 3.05. The molecule has 2 fully saturated rings. The standard InChI is InChI=1S/C25H26FN5O4/c1-12-19(10-17-16-9-14(26)5-6-18(16)29-23(17)34)27-13(2)20(12)24(35)28-15-7-8-31(30(3)4)25(11-15)21(32)22(25)33/h5-6,9-10,15,27H,7-8,11H2,1-4H3,(H,28,35)(H,29,34)/b17-10-. The fourth-order valence-corrected chi connectivity index (χ4v) is 5.34. The van der Waals surface area contributed by atoms with Crippen LogP contribution < -0.4 is 10.6 Å². The molecule has 1 spiro atoms. The molecule has 1 aliphatic carbocycles. The van der Waals surface area contributed by atoms with Crippen LogP contribution in [-0.2, 0) is 14.4 Å². The third-order valence-corrected chi connectivity index (χ3v) is 7.14. The number of carbonyl (C=O) groups is 4. The topological polar surface area (TPSA) is 115 Å². The highest BCUT2D eigenvalue weighted by atomic mass is 19.1. The molecule has 1 atom stereocenters. The van der Waals surface area contributed by atoms with Crippen LogP contribution >= 0.6 is 0 Å². The number of halogens is 1. The van der Waals surface area contributed by atoms with Crippen LogP contribution in [-0.4, -0.2) is 70.6 Å². The summed E-state index contributed by atoms with van der Waals surface area (Å²) in [5.41, 5.74) is 2.39. The van der Waals surface area contributed by atoms with E-state index >= 15 is 0 Å². The van der Waals surface area contributed by atoms with Crippen LogP contribution in [0.2, 0.25) is 0 Å². The van der Waals surface area contributed by atoms with Crippen molar-refractivity contribution in [3.05, 3.63) is 52.1 Å². The first-order chi connectivity index (χ1) is 16.5. The Labute approximate surface area is 201 Å². The second kappa shape index (κ2) is 7.96. The first-order valence-electron chi connectivity index (χ1n) is 11.4. The van der Waals surface area contributed by atoms with Gasteiger partial charge in [0.15, 0.2) is 5.54 Å². The first-order valence-corrected chi connectivity index (χ1v) is 11.4. The third-order valence-electron chi connectivity index (χ3n) is 7.14. The molecule has 35 heavy (non-hydrogen) atoms. The Balaban J connectivity index is 1.39. The van der Waals surface area contributed by atoms with Crippen molar-refractivity contribution >= 4 is 40.7 Å². The van der Waals surface area contributed by atoms with Crippen LogP contribution in [0, 0.1) is 19.7 Å². The summed E-state index contributed by atoms with van der Waals surface area (Å²) in [7, 11) is 3.58. The largest absolute Gasteiger partial charge is 0.358 e. The van der Waals surface area contributed by atoms with E-state index in [0.717, 1.165) is 0 Å². The summed E-state index contributed by atoms with van der Waals surface area (Å²) in [6, 6.07) is 3.76. The van der Waals surface area contributed by atoms with E-state index in [-0.39, 0.29) is 24.3 Å². The molecule has 182 valence electrons. The summed E-state index contributed by atoms with van der Waals surface area (Å²) in [4.78, 5) is 53.3. The lowest BCUT2D eigenvalue weighted by molar-refractivity contribution is -0.123. The lowest BCUT2D eigenvalue weighted by Gasteiger charge is -2.40. The maximum atomic E-state index is 13.8. The Morgan fingerprint density at radius 2 is 1.94 bits per heavy atom. The number of anilines is 1. The van der Waals surface area contributed by atoms with Crippen molar-refractivity contribution in [1.82, 2.24) is 20.3 Å². The van der Waals surface area contributed by atoms with E-state index in [0.29, 0.717) is 52.3 Å². The van der Waals surface area contributed by atoms with E-state index in [1.807, 2.05) is 0 Å². The quantitative estimate of drug-likeness (QED) is 0.350. The van der Waals surface area contributed by atoms with Crippen LogP contribution in [0.4, 0.5) is 10.1 Å². The van der Waals surface area contributed by atoms with Gasteiger partial charge in [-0.1, -0.05) is 0 Å². The summed E-state index contributed by atoms with van der Waals surface area (Å²) in [6.07, 6.45) is 2.44. The van der Waals surface area contributed by atoms with E-state index in [4.69, 9.17) is 0 Å². The molecule has 1 saturated heterocycles. The van der Waals surface area contributed by atoms with Crippen LogP contribution in [0.3, 0.4) is 0 Å². The number of ketones is 2. The number of hydrogen-bond donors (Lipinski definition) is 3. The number of aryl methyl sites for hydroxylation is 1. The SMILES string of the molecule is Cc1[nH]c(/C=C2\C(=O)Nc3ccc(F)cc32)c(C)c1C(=O)NC1CCN(N(C)C)C2(C1)C(=O)C2=O. The minimum atomic E-state index is -1.17. The molecule has 2 amide bonds. The Morgan fingerprint density at radius 3 is 2.60 bits per heavy atom. The van der Waals surface area contributed by atoms with Crippen molar-refractivity contribution in [1.29, 1.82) is 0 Å². The molecule has 1 aromatic carbocycles. The Morgan fingerprint density at radius 1 is 1.23 bits per heavy atom. The summed E-state index contributed by atoms with van der Waals surface area (Å²) in [5, 5.41) is 9.23. The molecular formula is C25H26FN5O4. The number of rotatable bonds is 4. The smallest absolute Gasteiger partial charge is 0.256 e. The van der Waals surface area contributed by atoms with Crippen LogP contribution in [0.15, 0.2) is 18.2 Å². The number of benzene rings is 1. The molecule has 5 rings (SSSR count). The molecule has 1 unspecified atom stereocenters. The van der Waals surface area contributed by atoms with Gasteiger partial charge in [0.2, 0.25) is 11.6 Å². The minimum absolute atomic E-state index is 0.233. The summed E-state index contributed by atoms with van der Waals surface area (Å²) in [6.45, 7) is 4.01. The number of piperidine rings is 1. The zero-order chi connectivity index (χ0) is 25.2. The van der Waals surface area contributed by atoms with Crippen LogP contribution in [0.5, 0.6) is 0 Å². The van der Waals surface area contributed by atoms with Crippen molar-refractivity contribution in [2.24, 2.45) is 0 Å². The Bertz CT molecular complexity index is 1330. The van der Waals surface area contributed by atoms with Gasteiger partial charge in [-0.05, 0) is 50.1 Å².